The standard InChI is InChI=1S/C23H28Cl2N4O3S/c1-17(16-27-22(30)19-7-6-18(24)15-20(19)25)23(21-5-2-3-10-26-21)8-13-29(14-9-23)33(31,32)28-11-4-12-28/h2-3,5-7,10,15,17H,4,8-9,11-14,16H2,1H3,(H,27,30). The first-order valence-corrected chi connectivity index (χ1v) is 13.3. The monoisotopic (exact) mass is 510 g/mol. The van der Waals surface area contributed by atoms with Crippen LogP contribution in [-0.4, -0.2) is 60.6 Å². The molecule has 0 bridgehead atoms. The minimum absolute atomic E-state index is 0.0243. The molecule has 2 aliphatic rings. The maximum atomic E-state index is 12.9. The third-order valence-electron chi connectivity index (χ3n) is 6.95. The molecule has 1 atom stereocenters. The summed E-state index contributed by atoms with van der Waals surface area (Å²) < 4.78 is 28.9. The number of halogens is 2. The quantitative estimate of drug-likeness (QED) is 0.614. The van der Waals surface area contributed by atoms with Gasteiger partial charge in [0.05, 0.1) is 10.6 Å². The molecule has 0 aliphatic carbocycles. The summed E-state index contributed by atoms with van der Waals surface area (Å²) >= 11 is 12.1. The minimum atomic E-state index is -3.40. The first-order chi connectivity index (χ1) is 15.7. The van der Waals surface area contributed by atoms with Crippen molar-refractivity contribution in [3.05, 3.63) is 63.9 Å². The Morgan fingerprint density at radius 2 is 1.82 bits per heavy atom. The van der Waals surface area contributed by atoms with E-state index in [4.69, 9.17) is 23.2 Å². The number of nitrogens with zero attached hydrogens (tertiary/aromatic N) is 3. The number of piperidine rings is 1. The lowest BCUT2D eigenvalue weighted by Gasteiger charge is -2.46. The van der Waals surface area contributed by atoms with Crippen LogP contribution in [-0.2, 0) is 15.6 Å². The van der Waals surface area contributed by atoms with E-state index in [1.165, 1.54) is 0 Å². The second kappa shape index (κ2) is 9.88. The summed E-state index contributed by atoms with van der Waals surface area (Å²) in [6, 6.07) is 10.6. The van der Waals surface area contributed by atoms with Gasteiger partial charge in [0.2, 0.25) is 0 Å². The number of nitrogens with one attached hydrogen (secondary N) is 1. The molecule has 0 radical (unpaired) electrons. The summed E-state index contributed by atoms with van der Waals surface area (Å²) in [7, 11) is -3.40. The fourth-order valence-electron chi connectivity index (χ4n) is 4.67. The van der Waals surface area contributed by atoms with Gasteiger partial charge in [-0.15, -0.1) is 0 Å². The van der Waals surface area contributed by atoms with Crippen LogP contribution in [0.2, 0.25) is 10.0 Å². The summed E-state index contributed by atoms with van der Waals surface area (Å²) in [6.45, 7) is 4.54. The van der Waals surface area contributed by atoms with Crippen LogP contribution in [0.3, 0.4) is 0 Å². The fraction of sp³-hybridized carbons (Fsp3) is 0.478. The van der Waals surface area contributed by atoms with Crippen LogP contribution in [0.1, 0.15) is 42.2 Å². The van der Waals surface area contributed by atoms with Gasteiger partial charge in [0.1, 0.15) is 0 Å². The molecule has 2 saturated heterocycles. The van der Waals surface area contributed by atoms with Crippen molar-refractivity contribution in [2.24, 2.45) is 5.92 Å². The molecule has 1 aromatic carbocycles. The Hall–Kier alpha value is -1.71. The molecular weight excluding hydrogens is 483 g/mol. The Kier molecular flexibility index (Phi) is 7.31. The third-order valence-corrected chi connectivity index (χ3v) is 9.53. The first-order valence-electron chi connectivity index (χ1n) is 11.1. The maximum Gasteiger partial charge on any atom is 0.281 e. The summed E-state index contributed by atoms with van der Waals surface area (Å²) in [4.78, 5) is 17.4. The van der Waals surface area contributed by atoms with E-state index in [2.05, 4.69) is 17.2 Å². The molecule has 2 aliphatic heterocycles. The van der Waals surface area contributed by atoms with Gasteiger partial charge in [0.15, 0.2) is 0 Å². The summed E-state index contributed by atoms with van der Waals surface area (Å²) in [6.07, 6.45) is 3.95. The van der Waals surface area contributed by atoms with Crippen LogP contribution in [0, 0.1) is 5.92 Å². The van der Waals surface area contributed by atoms with Crippen LogP contribution >= 0.6 is 23.2 Å². The zero-order valence-corrected chi connectivity index (χ0v) is 20.8. The van der Waals surface area contributed by atoms with E-state index in [0.717, 1.165) is 12.1 Å². The lowest BCUT2D eigenvalue weighted by atomic mass is 9.67. The Morgan fingerprint density at radius 1 is 1.12 bits per heavy atom. The molecule has 1 amide bonds. The fourth-order valence-corrected chi connectivity index (χ4v) is 6.85. The SMILES string of the molecule is CC(CNC(=O)c1ccc(Cl)cc1Cl)C1(c2ccccn2)CCN(S(=O)(=O)N2CCC2)CC1. The molecular formula is C23H28Cl2N4O3S. The van der Waals surface area contributed by atoms with Crippen molar-refractivity contribution in [3.8, 4) is 0 Å². The highest BCUT2D eigenvalue weighted by Crippen LogP contribution is 2.42. The average Bonchev–Trinajstić information content (AvgIpc) is 2.76. The second-order valence-electron chi connectivity index (χ2n) is 8.77. The van der Waals surface area contributed by atoms with Crippen molar-refractivity contribution in [2.45, 2.75) is 31.6 Å². The molecule has 10 heteroatoms. The molecule has 1 N–H and O–H groups in total. The molecule has 2 aromatic rings. The largest absolute Gasteiger partial charge is 0.352 e. The Morgan fingerprint density at radius 3 is 2.39 bits per heavy atom. The molecule has 3 heterocycles. The van der Waals surface area contributed by atoms with E-state index in [1.807, 2.05) is 18.2 Å². The number of carbonyl (C=O) groups is 1. The van der Waals surface area contributed by atoms with Crippen molar-refractivity contribution >= 4 is 39.3 Å². The highest BCUT2D eigenvalue weighted by Gasteiger charge is 2.45. The molecule has 178 valence electrons. The van der Waals surface area contributed by atoms with E-state index in [1.54, 1.807) is 33.0 Å². The zero-order valence-electron chi connectivity index (χ0n) is 18.5. The van der Waals surface area contributed by atoms with Crippen LogP contribution in [0.25, 0.3) is 0 Å². The van der Waals surface area contributed by atoms with Gasteiger partial charge in [-0.25, -0.2) is 0 Å². The van der Waals surface area contributed by atoms with E-state index in [9.17, 15) is 13.2 Å². The lowest BCUT2D eigenvalue weighted by molar-refractivity contribution is 0.0926. The number of carbonyl (C=O) groups excluding carboxylic acids is 1. The number of rotatable bonds is 7. The van der Waals surface area contributed by atoms with Crippen LogP contribution in [0.4, 0.5) is 0 Å². The molecule has 4 rings (SSSR count). The molecule has 1 unspecified atom stereocenters. The molecule has 7 nitrogen and oxygen atoms in total. The van der Waals surface area contributed by atoms with Gasteiger partial charge < -0.3 is 5.32 Å². The Labute approximate surface area is 205 Å². The predicted molar refractivity (Wildman–Crippen MR) is 130 cm³/mol. The minimum Gasteiger partial charge on any atom is -0.352 e. The van der Waals surface area contributed by atoms with E-state index in [-0.39, 0.29) is 17.2 Å². The van der Waals surface area contributed by atoms with Gasteiger partial charge in [-0.1, -0.05) is 36.2 Å². The first kappa shape index (κ1) is 24.4. The molecule has 0 saturated carbocycles. The molecule has 33 heavy (non-hydrogen) atoms. The van der Waals surface area contributed by atoms with Gasteiger partial charge in [-0.05, 0) is 55.5 Å². The number of pyridine rings is 1. The number of amides is 1. The summed E-state index contributed by atoms with van der Waals surface area (Å²) in [5.74, 6) is -0.242. The number of hydrogen-bond acceptors (Lipinski definition) is 4. The van der Waals surface area contributed by atoms with Gasteiger partial charge in [0, 0.05) is 55.1 Å². The number of hydrogen-bond donors (Lipinski definition) is 1. The van der Waals surface area contributed by atoms with E-state index in [0.29, 0.717) is 61.2 Å². The third kappa shape index (κ3) is 4.91. The van der Waals surface area contributed by atoms with Gasteiger partial charge in [-0.3, -0.25) is 9.78 Å². The molecule has 0 spiro atoms. The smallest absolute Gasteiger partial charge is 0.281 e. The average molecular weight is 511 g/mol. The van der Waals surface area contributed by atoms with Gasteiger partial charge >= 0.3 is 0 Å². The Bertz CT molecular complexity index is 1100. The topological polar surface area (TPSA) is 82.6 Å². The van der Waals surface area contributed by atoms with Crippen LogP contribution < -0.4 is 5.32 Å². The van der Waals surface area contributed by atoms with Gasteiger partial charge in [0.25, 0.3) is 16.1 Å². The highest BCUT2D eigenvalue weighted by atomic mass is 35.5. The highest BCUT2D eigenvalue weighted by molar-refractivity contribution is 7.86. The Balaban J connectivity index is 1.50. The van der Waals surface area contributed by atoms with Crippen LogP contribution in [0.15, 0.2) is 42.6 Å². The van der Waals surface area contributed by atoms with E-state index >= 15 is 0 Å². The predicted octanol–water partition coefficient (Wildman–Crippen LogP) is 3.74. The number of aromatic nitrogens is 1. The van der Waals surface area contributed by atoms with Crippen molar-refractivity contribution in [1.82, 2.24) is 18.9 Å². The summed E-state index contributed by atoms with van der Waals surface area (Å²) in [5, 5.41) is 3.77. The second-order valence-corrected chi connectivity index (χ2v) is 11.5. The normalized spacial score (nSPS) is 20.1. The lowest BCUT2D eigenvalue weighted by Crippen LogP contribution is -2.55. The summed E-state index contributed by atoms with van der Waals surface area (Å²) in [5.41, 5.74) is 0.951. The van der Waals surface area contributed by atoms with Crippen molar-refractivity contribution in [3.63, 3.8) is 0 Å². The molecule has 1 aromatic heterocycles. The van der Waals surface area contributed by atoms with Crippen molar-refractivity contribution in [1.29, 1.82) is 0 Å². The maximum absolute atomic E-state index is 12.9. The van der Waals surface area contributed by atoms with E-state index < -0.39 is 10.2 Å². The van der Waals surface area contributed by atoms with Crippen LogP contribution in [0.5, 0.6) is 0 Å². The molecule has 2 fully saturated rings. The van der Waals surface area contributed by atoms with Crippen molar-refractivity contribution < 1.29 is 13.2 Å². The zero-order chi connectivity index (χ0) is 23.6. The van der Waals surface area contributed by atoms with Gasteiger partial charge in [-0.2, -0.15) is 17.0 Å². The van der Waals surface area contributed by atoms with Crippen molar-refractivity contribution in [2.75, 3.05) is 32.7 Å². The number of benzene rings is 1.